The quantitative estimate of drug-likeness (QED) is 0.525. The maximum absolute atomic E-state index is 11.5. The molecular formula is C18H19BrO4. The van der Waals surface area contributed by atoms with Crippen LogP contribution in [0.1, 0.15) is 18.1 Å². The number of esters is 1. The summed E-state index contributed by atoms with van der Waals surface area (Å²) in [5.41, 5.74) is 1.87. The Kier molecular flexibility index (Phi) is 6.47. The van der Waals surface area contributed by atoms with Crippen LogP contribution in [-0.2, 0) is 21.3 Å². The molecule has 0 N–H and O–H groups in total. The number of carbonyl (C=O) groups excluding carboxylic acids is 1. The molecule has 0 fully saturated rings. The van der Waals surface area contributed by atoms with E-state index in [2.05, 4.69) is 15.9 Å². The van der Waals surface area contributed by atoms with Gasteiger partial charge in [0.05, 0.1) is 20.1 Å². The Bertz CT molecular complexity index is 670. The van der Waals surface area contributed by atoms with E-state index in [9.17, 15) is 4.79 Å². The van der Waals surface area contributed by atoms with Gasteiger partial charge in [0.15, 0.2) is 11.5 Å². The van der Waals surface area contributed by atoms with Gasteiger partial charge in [0.2, 0.25) is 0 Å². The van der Waals surface area contributed by atoms with Gasteiger partial charge in [-0.15, -0.1) is 0 Å². The monoisotopic (exact) mass is 378 g/mol. The van der Waals surface area contributed by atoms with Crippen molar-refractivity contribution in [3.8, 4) is 17.2 Å². The fourth-order valence-corrected chi connectivity index (χ4v) is 2.43. The SMILES string of the molecule is CCOc1cc(CBr)ccc1Oc1ccccc1CC(=O)OC. The van der Waals surface area contributed by atoms with E-state index in [1.165, 1.54) is 7.11 Å². The van der Waals surface area contributed by atoms with Gasteiger partial charge in [-0.3, -0.25) is 4.79 Å². The van der Waals surface area contributed by atoms with Gasteiger partial charge in [-0.05, 0) is 30.7 Å². The largest absolute Gasteiger partial charge is 0.490 e. The van der Waals surface area contributed by atoms with Crippen molar-refractivity contribution >= 4 is 21.9 Å². The van der Waals surface area contributed by atoms with Crippen molar-refractivity contribution < 1.29 is 19.0 Å². The average molecular weight is 379 g/mol. The molecule has 2 aromatic carbocycles. The van der Waals surface area contributed by atoms with Gasteiger partial charge in [-0.25, -0.2) is 0 Å². The molecule has 0 aliphatic carbocycles. The number of hydrogen-bond acceptors (Lipinski definition) is 4. The fraction of sp³-hybridized carbons (Fsp3) is 0.278. The summed E-state index contributed by atoms with van der Waals surface area (Å²) in [5, 5.41) is 0.742. The maximum Gasteiger partial charge on any atom is 0.310 e. The van der Waals surface area contributed by atoms with Gasteiger partial charge in [0.25, 0.3) is 0 Å². The number of rotatable bonds is 7. The highest BCUT2D eigenvalue weighted by molar-refractivity contribution is 9.08. The predicted molar refractivity (Wildman–Crippen MR) is 92.5 cm³/mol. The highest BCUT2D eigenvalue weighted by Crippen LogP contribution is 2.34. The highest BCUT2D eigenvalue weighted by atomic mass is 79.9. The average Bonchev–Trinajstić information content (AvgIpc) is 2.58. The minimum Gasteiger partial charge on any atom is -0.490 e. The van der Waals surface area contributed by atoms with Crippen LogP contribution in [0, 0.1) is 0 Å². The Hall–Kier alpha value is -2.01. The van der Waals surface area contributed by atoms with Crippen LogP contribution in [-0.4, -0.2) is 19.7 Å². The van der Waals surface area contributed by atoms with E-state index in [4.69, 9.17) is 14.2 Å². The zero-order chi connectivity index (χ0) is 16.7. The molecule has 2 aromatic rings. The van der Waals surface area contributed by atoms with Gasteiger partial charge in [-0.2, -0.15) is 0 Å². The molecule has 0 aliphatic rings. The first-order valence-electron chi connectivity index (χ1n) is 7.32. The number of alkyl halides is 1. The Labute approximate surface area is 144 Å². The molecule has 0 heterocycles. The van der Waals surface area contributed by atoms with Crippen LogP contribution in [0.5, 0.6) is 17.2 Å². The zero-order valence-corrected chi connectivity index (χ0v) is 14.8. The smallest absolute Gasteiger partial charge is 0.310 e. The summed E-state index contributed by atoms with van der Waals surface area (Å²) >= 11 is 3.43. The Morgan fingerprint density at radius 3 is 2.57 bits per heavy atom. The second-order valence-corrected chi connectivity index (χ2v) is 5.37. The highest BCUT2D eigenvalue weighted by Gasteiger charge is 2.12. The summed E-state index contributed by atoms with van der Waals surface area (Å²) in [6.45, 7) is 2.47. The molecule has 0 aliphatic heterocycles. The topological polar surface area (TPSA) is 44.8 Å². The number of ether oxygens (including phenoxy) is 3. The third-order valence-electron chi connectivity index (χ3n) is 3.22. The normalized spacial score (nSPS) is 10.2. The maximum atomic E-state index is 11.5. The van der Waals surface area contributed by atoms with E-state index < -0.39 is 0 Å². The van der Waals surface area contributed by atoms with E-state index in [1.54, 1.807) is 0 Å². The molecule has 0 aromatic heterocycles. The van der Waals surface area contributed by atoms with Gasteiger partial charge in [0.1, 0.15) is 5.75 Å². The molecule has 0 spiro atoms. The van der Waals surface area contributed by atoms with Gasteiger partial charge >= 0.3 is 5.97 Å². The second kappa shape index (κ2) is 8.58. The van der Waals surface area contributed by atoms with Crippen LogP contribution in [0.15, 0.2) is 42.5 Å². The van der Waals surface area contributed by atoms with E-state index in [1.807, 2.05) is 49.4 Å². The summed E-state index contributed by atoms with van der Waals surface area (Å²) in [4.78, 5) is 11.5. The lowest BCUT2D eigenvalue weighted by Gasteiger charge is -2.15. The Balaban J connectivity index is 2.30. The van der Waals surface area contributed by atoms with Crippen LogP contribution in [0.25, 0.3) is 0 Å². The first-order chi connectivity index (χ1) is 11.2. The summed E-state index contributed by atoms with van der Waals surface area (Å²) in [7, 11) is 1.37. The van der Waals surface area contributed by atoms with Crippen molar-refractivity contribution in [3.63, 3.8) is 0 Å². The standard InChI is InChI=1S/C18H19BrO4/c1-3-22-17-10-13(12-19)8-9-16(17)23-15-7-5-4-6-14(15)11-18(20)21-2/h4-10H,3,11-12H2,1-2H3. The predicted octanol–water partition coefficient (Wildman–Crippen LogP) is 4.49. The Morgan fingerprint density at radius 1 is 1.09 bits per heavy atom. The first-order valence-corrected chi connectivity index (χ1v) is 8.44. The summed E-state index contributed by atoms with van der Waals surface area (Å²) in [6.07, 6.45) is 0.163. The summed E-state index contributed by atoms with van der Waals surface area (Å²) in [5.74, 6) is 1.61. The third kappa shape index (κ3) is 4.73. The van der Waals surface area contributed by atoms with Gasteiger partial charge < -0.3 is 14.2 Å². The van der Waals surface area contributed by atoms with Crippen molar-refractivity contribution in [2.75, 3.05) is 13.7 Å². The van der Waals surface area contributed by atoms with Crippen molar-refractivity contribution in [3.05, 3.63) is 53.6 Å². The first kappa shape index (κ1) is 17.3. The number of para-hydroxylation sites is 1. The molecule has 0 radical (unpaired) electrons. The molecule has 0 atom stereocenters. The fourth-order valence-electron chi connectivity index (χ4n) is 2.08. The van der Waals surface area contributed by atoms with E-state index in [0.29, 0.717) is 23.9 Å². The molecule has 4 nitrogen and oxygen atoms in total. The van der Waals surface area contributed by atoms with Crippen LogP contribution in [0.4, 0.5) is 0 Å². The summed E-state index contributed by atoms with van der Waals surface area (Å²) < 4.78 is 16.4. The van der Waals surface area contributed by atoms with Crippen LogP contribution < -0.4 is 9.47 Å². The lowest BCUT2D eigenvalue weighted by atomic mass is 10.1. The van der Waals surface area contributed by atoms with Crippen molar-refractivity contribution in [2.45, 2.75) is 18.7 Å². The minimum atomic E-state index is -0.305. The molecular weight excluding hydrogens is 360 g/mol. The molecule has 0 amide bonds. The molecule has 5 heteroatoms. The number of halogens is 1. The van der Waals surface area contributed by atoms with Gasteiger partial charge in [0, 0.05) is 10.9 Å². The van der Waals surface area contributed by atoms with Crippen molar-refractivity contribution in [1.82, 2.24) is 0 Å². The number of hydrogen-bond donors (Lipinski definition) is 0. The molecule has 0 unspecified atom stereocenters. The lowest BCUT2D eigenvalue weighted by molar-refractivity contribution is -0.139. The lowest BCUT2D eigenvalue weighted by Crippen LogP contribution is -2.05. The van der Waals surface area contributed by atoms with Crippen LogP contribution in [0.2, 0.25) is 0 Å². The van der Waals surface area contributed by atoms with E-state index >= 15 is 0 Å². The molecule has 122 valence electrons. The molecule has 23 heavy (non-hydrogen) atoms. The summed E-state index contributed by atoms with van der Waals surface area (Å²) in [6, 6.07) is 13.2. The van der Waals surface area contributed by atoms with Crippen LogP contribution >= 0.6 is 15.9 Å². The number of methoxy groups -OCH3 is 1. The zero-order valence-electron chi connectivity index (χ0n) is 13.2. The Morgan fingerprint density at radius 2 is 1.87 bits per heavy atom. The van der Waals surface area contributed by atoms with E-state index in [0.717, 1.165) is 16.5 Å². The molecule has 0 bridgehead atoms. The van der Waals surface area contributed by atoms with Crippen molar-refractivity contribution in [1.29, 1.82) is 0 Å². The van der Waals surface area contributed by atoms with Crippen LogP contribution in [0.3, 0.4) is 0 Å². The van der Waals surface area contributed by atoms with Crippen molar-refractivity contribution in [2.24, 2.45) is 0 Å². The molecule has 0 saturated carbocycles. The minimum absolute atomic E-state index is 0.163. The second-order valence-electron chi connectivity index (χ2n) is 4.81. The molecule has 2 rings (SSSR count). The van der Waals surface area contributed by atoms with E-state index in [-0.39, 0.29) is 12.4 Å². The molecule has 0 saturated heterocycles. The third-order valence-corrected chi connectivity index (χ3v) is 3.86. The number of carbonyl (C=O) groups is 1. The van der Waals surface area contributed by atoms with Gasteiger partial charge in [-0.1, -0.05) is 40.2 Å². The number of benzene rings is 2.